The standard InChI is InChI=1S/C11H22N8/c1-3-4-8(5-6-12)19(14)11-16-9(13)7-10(17-11)18-15-2/h7-8H,2-6,12,14H2,1H3,(H3,13,16,17,18). The van der Waals surface area contributed by atoms with Crippen LogP contribution in [0.3, 0.4) is 0 Å². The Hall–Kier alpha value is -1.93. The van der Waals surface area contributed by atoms with Crippen molar-refractivity contribution in [1.82, 2.24) is 9.97 Å². The fraction of sp³-hybridized carbons (Fsp3) is 0.545. The van der Waals surface area contributed by atoms with Gasteiger partial charge in [-0.2, -0.15) is 15.1 Å². The molecule has 0 aliphatic carbocycles. The van der Waals surface area contributed by atoms with Gasteiger partial charge in [0.05, 0.1) is 0 Å². The molecule has 1 atom stereocenters. The predicted octanol–water partition coefficient (Wildman–Crippen LogP) is 0.284. The van der Waals surface area contributed by atoms with Crippen molar-refractivity contribution >= 4 is 24.3 Å². The minimum atomic E-state index is 0.0846. The van der Waals surface area contributed by atoms with E-state index in [4.69, 9.17) is 17.3 Å². The Morgan fingerprint density at radius 2 is 2.21 bits per heavy atom. The van der Waals surface area contributed by atoms with Crippen LogP contribution in [0.25, 0.3) is 0 Å². The number of rotatable bonds is 8. The molecule has 8 heteroatoms. The van der Waals surface area contributed by atoms with Crippen LogP contribution in [-0.2, 0) is 0 Å². The van der Waals surface area contributed by atoms with Gasteiger partial charge in [-0.15, -0.1) is 0 Å². The molecule has 0 aliphatic heterocycles. The molecule has 0 radical (unpaired) electrons. The van der Waals surface area contributed by atoms with E-state index >= 15 is 0 Å². The molecule has 1 rings (SSSR count). The van der Waals surface area contributed by atoms with Crippen LogP contribution in [0.4, 0.5) is 17.6 Å². The number of aromatic nitrogens is 2. The van der Waals surface area contributed by atoms with Crippen molar-refractivity contribution in [3.05, 3.63) is 6.07 Å². The first-order chi connectivity index (χ1) is 9.12. The average molecular weight is 266 g/mol. The highest BCUT2D eigenvalue weighted by Gasteiger charge is 2.18. The van der Waals surface area contributed by atoms with Crippen molar-refractivity contribution in [3.63, 3.8) is 0 Å². The van der Waals surface area contributed by atoms with E-state index in [0.717, 1.165) is 19.3 Å². The first-order valence-corrected chi connectivity index (χ1v) is 6.22. The van der Waals surface area contributed by atoms with E-state index in [0.29, 0.717) is 24.1 Å². The van der Waals surface area contributed by atoms with E-state index in [1.165, 1.54) is 5.01 Å². The van der Waals surface area contributed by atoms with Gasteiger partial charge in [-0.25, -0.2) is 5.84 Å². The summed E-state index contributed by atoms with van der Waals surface area (Å²) in [6, 6.07) is 1.64. The van der Waals surface area contributed by atoms with Crippen molar-refractivity contribution in [3.8, 4) is 0 Å². The van der Waals surface area contributed by atoms with E-state index < -0.39 is 0 Å². The van der Waals surface area contributed by atoms with Gasteiger partial charge in [-0.3, -0.25) is 10.4 Å². The molecule has 0 amide bonds. The maximum Gasteiger partial charge on any atom is 0.244 e. The first kappa shape index (κ1) is 15.1. The minimum Gasteiger partial charge on any atom is -0.383 e. The Kier molecular flexibility index (Phi) is 5.97. The van der Waals surface area contributed by atoms with E-state index in [9.17, 15) is 0 Å². The van der Waals surface area contributed by atoms with Crippen molar-refractivity contribution < 1.29 is 0 Å². The number of hydrogen-bond acceptors (Lipinski definition) is 8. The molecule has 0 bridgehead atoms. The molecule has 1 aromatic rings. The van der Waals surface area contributed by atoms with Crippen LogP contribution in [0.2, 0.25) is 0 Å². The third-order valence-electron chi connectivity index (χ3n) is 2.67. The Morgan fingerprint density at radius 1 is 1.47 bits per heavy atom. The number of hydrazine groups is 1. The molecule has 0 aliphatic rings. The summed E-state index contributed by atoms with van der Waals surface area (Å²) in [6.07, 6.45) is 2.68. The SMILES string of the molecule is C=NNc1cc(N)nc(N(N)C(CCC)CCN)n1. The Morgan fingerprint density at radius 3 is 2.79 bits per heavy atom. The van der Waals surface area contributed by atoms with Crippen LogP contribution < -0.4 is 27.7 Å². The van der Waals surface area contributed by atoms with Crippen LogP contribution in [-0.4, -0.2) is 29.3 Å². The summed E-state index contributed by atoms with van der Waals surface area (Å²) in [5, 5.41) is 5.05. The van der Waals surface area contributed by atoms with E-state index in [1.807, 2.05) is 0 Å². The number of hydrogen-bond donors (Lipinski definition) is 4. The lowest BCUT2D eigenvalue weighted by Gasteiger charge is -2.27. The molecule has 0 aromatic carbocycles. The zero-order chi connectivity index (χ0) is 14.3. The fourth-order valence-electron chi connectivity index (χ4n) is 1.82. The average Bonchev–Trinajstić information content (AvgIpc) is 2.37. The van der Waals surface area contributed by atoms with Crippen molar-refractivity contribution in [2.24, 2.45) is 16.7 Å². The molecular formula is C11H22N8. The molecule has 19 heavy (non-hydrogen) atoms. The molecule has 0 spiro atoms. The Bertz CT molecular complexity index is 402. The van der Waals surface area contributed by atoms with Crippen LogP contribution in [0.15, 0.2) is 11.2 Å². The highest BCUT2D eigenvalue weighted by molar-refractivity contribution is 5.51. The van der Waals surface area contributed by atoms with Crippen LogP contribution in [0.1, 0.15) is 26.2 Å². The summed E-state index contributed by atoms with van der Waals surface area (Å²) in [5.41, 5.74) is 13.9. The van der Waals surface area contributed by atoms with Crippen molar-refractivity contribution in [2.75, 3.05) is 22.7 Å². The van der Waals surface area contributed by atoms with Crippen molar-refractivity contribution in [2.45, 2.75) is 32.2 Å². The van der Waals surface area contributed by atoms with Gasteiger partial charge in [0.15, 0.2) is 5.82 Å². The molecule has 1 aromatic heterocycles. The smallest absolute Gasteiger partial charge is 0.244 e. The second-order valence-corrected chi connectivity index (χ2v) is 4.18. The zero-order valence-electron chi connectivity index (χ0n) is 11.2. The molecule has 7 N–H and O–H groups in total. The molecule has 0 fully saturated rings. The summed E-state index contributed by atoms with van der Waals surface area (Å²) in [6.45, 7) is 5.98. The molecule has 106 valence electrons. The van der Waals surface area contributed by atoms with E-state index in [1.54, 1.807) is 6.07 Å². The quantitative estimate of drug-likeness (QED) is 0.302. The largest absolute Gasteiger partial charge is 0.383 e. The summed E-state index contributed by atoms with van der Waals surface area (Å²) in [5.74, 6) is 7.18. The Labute approximate surface area is 113 Å². The molecule has 1 heterocycles. The number of nitrogens with zero attached hydrogens (tertiary/aromatic N) is 4. The number of nitrogens with one attached hydrogen (secondary N) is 1. The fourth-order valence-corrected chi connectivity index (χ4v) is 1.82. The van der Waals surface area contributed by atoms with Crippen molar-refractivity contribution in [1.29, 1.82) is 0 Å². The zero-order valence-corrected chi connectivity index (χ0v) is 11.2. The predicted molar refractivity (Wildman–Crippen MR) is 78.6 cm³/mol. The van der Waals surface area contributed by atoms with Crippen LogP contribution in [0, 0.1) is 0 Å². The summed E-state index contributed by atoms with van der Waals surface area (Å²) in [7, 11) is 0. The Balaban J connectivity index is 2.95. The van der Waals surface area contributed by atoms with Gasteiger partial charge in [0.2, 0.25) is 5.95 Å². The summed E-state index contributed by atoms with van der Waals surface area (Å²) < 4.78 is 0. The van der Waals surface area contributed by atoms with Gasteiger partial charge in [0, 0.05) is 18.8 Å². The minimum absolute atomic E-state index is 0.0846. The second-order valence-electron chi connectivity index (χ2n) is 4.18. The lowest BCUT2D eigenvalue weighted by molar-refractivity contribution is 0.514. The highest BCUT2D eigenvalue weighted by Crippen LogP contribution is 2.18. The molecule has 1 unspecified atom stereocenters. The van der Waals surface area contributed by atoms with Gasteiger partial charge >= 0.3 is 0 Å². The first-order valence-electron chi connectivity index (χ1n) is 6.22. The van der Waals surface area contributed by atoms with Gasteiger partial charge in [-0.05, 0) is 19.4 Å². The third kappa shape index (κ3) is 4.34. The molecular weight excluding hydrogens is 244 g/mol. The van der Waals surface area contributed by atoms with Gasteiger partial charge < -0.3 is 11.5 Å². The molecule has 0 saturated carbocycles. The number of hydrazone groups is 1. The highest BCUT2D eigenvalue weighted by atomic mass is 15.5. The maximum atomic E-state index is 6.07. The van der Waals surface area contributed by atoms with E-state index in [2.05, 4.69) is 34.1 Å². The third-order valence-corrected chi connectivity index (χ3v) is 2.67. The molecule has 0 saturated heterocycles. The van der Waals surface area contributed by atoms with Gasteiger partial charge in [0.1, 0.15) is 5.82 Å². The normalized spacial score (nSPS) is 11.9. The maximum absolute atomic E-state index is 6.07. The van der Waals surface area contributed by atoms with Gasteiger partial charge in [0.25, 0.3) is 0 Å². The monoisotopic (exact) mass is 266 g/mol. The number of nitrogens with two attached hydrogens (primary N) is 3. The van der Waals surface area contributed by atoms with Crippen LogP contribution >= 0.6 is 0 Å². The second kappa shape index (κ2) is 7.49. The summed E-state index contributed by atoms with van der Waals surface area (Å²) in [4.78, 5) is 8.36. The lowest BCUT2D eigenvalue weighted by atomic mass is 10.1. The van der Waals surface area contributed by atoms with Gasteiger partial charge in [-0.1, -0.05) is 13.3 Å². The van der Waals surface area contributed by atoms with Crippen LogP contribution in [0.5, 0.6) is 0 Å². The topological polar surface area (TPSA) is 131 Å². The number of nitrogen functional groups attached to an aromatic ring is 1. The lowest BCUT2D eigenvalue weighted by Crippen LogP contribution is -2.43. The van der Waals surface area contributed by atoms with E-state index in [-0.39, 0.29) is 6.04 Å². The number of anilines is 3. The summed E-state index contributed by atoms with van der Waals surface area (Å²) >= 11 is 0. The molecule has 8 nitrogen and oxygen atoms in total.